The number of unbranched alkanes of at least 4 members (excludes halogenated alkanes) is 3. The first-order valence-corrected chi connectivity index (χ1v) is 7.41. The van der Waals surface area contributed by atoms with Crippen molar-refractivity contribution in [2.24, 2.45) is 0 Å². The van der Waals surface area contributed by atoms with Gasteiger partial charge < -0.3 is 14.2 Å². The smallest absolute Gasteiger partial charge is 0.216 e. The normalized spacial score (nSPS) is 23.8. The van der Waals surface area contributed by atoms with Crippen molar-refractivity contribution < 1.29 is 14.2 Å². The first-order chi connectivity index (χ1) is 8.81. The first kappa shape index (κ1) is 15.5. The predicted octanol–water partition coefficient (Wildman–Crippen LogP) is 4.03. The van der Waals surface area contributed by atoms with E-state index < -0.39 is 0 Å². The van der Waals surface area contributed by atoms with Crippen LogP contribution in [0.4, 0.5) is 0 Å². The molecular weight excluding hydrogens is 228 g/mol. The largest absolute Gasteiger partial charge is 0.493 e. The molecule has 0 aromatic heterocycles. The van der Waals surface area contributed by atoms with E-state index in [4.69, 9.17) is 14.2 Å². The van der Waals surface area contributed by atoms with Gasteiger partial charge in [-0.2, -0.15) is 0 Å². The van der Waals surface area contributed by atoms with Crippen LogP contribution in [-0.2, 0) is 14.2 Å². The minimum atomic E-state index is -0.292. The number of hydrogen-bond acceptors (Lipinski definition) is 3. The molecule has 3 nitrogen and oxygen atoms in total. The summed E-state index contributed by atoms with van der Waals surface area (Å²) in [4.78, 5) is 0. The monoisotopic (exact) mass is 256 g/mol. The summed E-state index contributed by atoms with van der Waals surface area (Å²) in [5, 5.41) is 0. The van der Waals surface area contributed by atoms with Gasteiger partial charge in [-0.3, -0.25) is 0 Å². The van der Waals surface area contributed by atoms with E-state index in [0.717, 1.165) is 18.6 Å². The van der Waals surface area contributed by atoms with Gasteiger partial charge in [-0.1, -0.05) is 32.6 Å². The average Bonchev–Trinajstić information content (AvgIpc) is 2.38. The number of rotatable bonds is 9. The van der Waals surface area contributed by atoms with Crippen molar-refractivity contribution in [3.05, 3.63) is 11.8 Å². The Bertz CT molecular complexity index is 238. The van der Waals surface area contributed by atoms with E-state index in [-0.39, 0.29) is 6.29 Å². The van der Waals surface area contributed by atoms with Gasteiger partial charge in [0.15, 0.2) is 0 Å². The van der Waals surface area contributed by atoms with Gasteiger partial charge in [-0.25, -0.2) is 0 Å². The molecule has 106 valence electrons. The molecule has 0 radical (unpaired) electrons. The summed E-state index contributed by atoms with van der Waals surface area (Å²) in [7, 11) is 0. The fourth-order valence-corrected chi connectivity index (χ4v) is 2.19. The van der Waals surface area contributed by atoms with Gasteiger partial charge >= 0.3 is 0 Å². The minimum Gasteiger partial charge on any atom is -0.493 e. The van der Waals surface area contributed by atoms with E-state index in [1.165, 1.54) is 25.7 Å². The second kappa shape index (κ2) is 9.40. The maximum absolute atomic E-state index is 5.96. The lowest BCUT2D eigenvalue weighted by Gasteiger charge is -2.30. The Morgan fingerprint density at radius 2 is 2.00 bits per heavy atom. The van der Waals surface area contributed by atoms with E-state index in [0.29, 0.717) is 19.3 Å². The van der Waals surface area contributed by atoms with Gasteiger partial charge in [0.05, 0.1) is 12.7 Å². The first-order valence-electron chi connectivity index (χ1n) is 7.41. The maximum Gasteiger partial charge on any atom is 0.216 e. The van der Waals surface area contributed by atoms with Crippen LogP contribution in [0.5, 0.6) is 0 Å². The van der Waals surface area contributed by atoms with E-state index in [2.05, 4.69) is 13.0 Å². The molecule has 0 aliphatic carbocycles. The summed E-state index contributed by atoms with van der Waals surface area (Å²) in [5.41, 5.74) is 0. The number of hydrogen-bond donors (Lipinski definition) is 0. The van der Waals surface area contributed by atoms with Gasteiger partial charge in [0, 0.05) is 6.61 Å². The Hall–Kier alpha value is -0.540. The fourth-order valence-electron chi connectivity index (χ4n) is 2.19. The summed E-state index contributed by atoms with van der Waals surface area (Å²) in [5.74, 6) is 0.851. The highest BCUT2D eigenvalue weighted by Crippen LogP contribution is 2.24. The van der Waals surface area contributed by atoms with Gasteiger partial charge in [0.2, 0.25) is 6.29 Å². The molecule has 0 bridgehead atoms. The van der Waals surface area contributed by atoms with E-state index >= 15 is 0 Å². The van der Waals surface area contributed by atoms with Crippen molar-refractivity contribution in [3.63, 3.8) is 0 Å². The van der Waals surface area contributed by atoms with Crippen LogP contribution >= 0.6 is 0 Å². The quantitative estimate of drug-likeness (QED) is 0.583. The molecule has 0 N–H and O–H groups in total. The summed E-state index contributed by atoms with van der Waals surface area (Å²) in [6, 6.07) is 0. The molecule has 0 fully saturated rings. The van der Waals surface area contributed by atoms with Crippen molar-refractivity contribution in [2.75, 3.05) is 13.2 Å². The fraction of sp³-hybridized carbons (Fsp3) is 0.867. The molecule has 1 aliphatic heterocycles. The highest BCUT2D eigenvalue weighted by Gasteiger charge is 2.25. The summed E-state index contributed by atoms with van der Waals surface area (Å²) in [6.07, 6.45) is 9.36. The Labute approximate surface area is 111 Å². The molecule has 2 atom stereocenters. The lowest BCUT2D eigenvalue weighted by atomic mass is 10.0. The molecule has 0 saturated heterocycles. The van der Waals surface area contributed by atoms with Crippen LogP contribution in [0.1, 0.15) is 59.3 Å². The van der Waals surface area contributed by atoms with E-state index in [9.17, 15) is 0 Å². The second-order valence-electron chi connectivity index (χ2n) is 4.67. The SMILES string of the molecule is CCCCCCC1CC=C(OCC)C(OCC)O1. The van der Waals surface area contributed by atoms with Crippen molar-refractivity contribution in [3.8, 4) is 0 Å². The maximum atomic E-state index is 5.96. The second-order valence-corrected chi connectivity index (χ2v) is 4.67. The van der Waals surface area contributed by atoms with Crippen LogP contribution in [0.25, 0.3) is 0 Å². The summed E-state index contributed by atoms with van der Waals surface area (Å²) < 4.78 is 17.1. The molecule has 1 heterocycles. The lowest BCUT2D eigenvalue weighted by molar-refractivity contribution is -0.175. The van der Waals surface area contributed by atoms with Crippen LogP contribution in [0.3, 0.4) is 0 Å². The van der Waals surface area contributed by atoms with Gasteiger partial charge in [-0.05, 0) is 32.8 Å². The average molecular weight is 256 g/mol. The highest BCUT2D eigenvalue weighted by molar-refractivity contribution is 5.02. The van der Waals surface area contributed by atoms with E-state index in [1.807, 2.05) is 13.8 Å². The molecule has 18 heavy (non-hydrogen) atoms. The third-order valence-corrected chi connectivity index (χ3v) is 3.14. The van der Waals surface area contributed by atoms with Crippen LogP contribution in [0, 0.1) is 0 Å². The molecule has 2 unspecified atom stereocenters. The molecule has 0 spiro atoms. The standard InChI is InChI=1S/C15H28O3/c1-4-7-8-9-10-13-11-12-14(16-5-2)15(18-13)17-6-3/h12-13,15H,4-11H2,1-3H3. The van der Waals surface area contributed by atoms with Crippen molar-refractivity contribution >= 4 is 0 Å². The van der Waals surface area contributed by atoms with Gasteiger partial charge in [0.1, 0.15) is 5.76 Å². The highest BCUT2D eigenvalue weighted by atomic mass is 16.7. The van der Waals surface area contributed by atoms with Gasteiger partial charge in [-0.15, -0.1) is 0 Å². The lowest BCUT2D eigenvalue weighted by Crippen LogP contribution is -2.31. The van der Waals surface area contributed by atoms with Crippen molar-refractivity contribution in [1.29, 1.82) is 0 Å². The van der Waals surface area contributed by atoms with Crippen LogP contribution in [0.15, 0.2) is 11.8 Å². The third kappa shape index (κ3) is 5.40. The Balaban J connectivity index is 2.36. The zero-order valence-corrected chi connectivity index (χ0v) is 12.1. The Kier molecular flexibility index (Phi) is 8.10. The summed E-state index contributed by atoms with van der Waals surface area (Å²) in [6.45, 7) is 7.52. The topological polar surface area (TPSA) is 27.7 Å². The van der Waals surface area contributed by atoms with Crippen molar-refractivity contribution in [1.82, 2.24) is 0 Å². The zero-order valence-electron chi connectivity index (χ0n) is 12.1. The predicted molar refractivity (Wildman–Crippen MR) is 73.4 cm³/mol. The molecule has 0 aromatic carbocycles. The van der Waals surface area contributed by atoms with Crippen molar-refractivity contribution in [2.45, 2.75) is 71.7 Å². The molecule has 0 amide bonds. The van der Waals surface area contributed by atoms with Crippen LogP contribution < -0.4 is 0 Å². The minimum absolute atomic E-state index is 0.292. The zero-order chi connectivity index (χ0) is 13.2. The third-order valence-electron chi connectivity index (χ3n) is 3.14. The molecule has 0 saturated carbocycles. The molecule has 1 aliphatic rings. The van der Waals surface area contributed by atoms with E-state index in [1.54, 1.807) is 0 Å². The molecule has 0 aromatic rings. The molecular formula is C15H28O3. The summed E-state index contributed by atoms with van der Waals surface area (Å²) >= 11 is 0. The molecule has 1 rings (SSSR count). The molecule has 3 heteroatoms. The van der Waals surface area contributed by atoms with Crippen LogP contribution in [0.2, 0.25) is 0 Å². The van der Waals surface area contributed by atoms with Crippen LogP contribution in [-0.4, -0.2) is 25.6 Å². The van der Waals surface area contributed by atoms with Gasteiger partial charge in [0.25, 0.3) is 0 Å². The Morgan fingerprint density at radius 1 is 1.17 bits per heavy atom. The number of ether oxygens (including phenoxy) is 3. The Morgan fingerprint density at radius 3 is 2.67 bits per heavy atom.